The number of hydrogen-bond donors (Lipinski definition) is 5. The Kier molecular flexibility index (Phi) is 9.04. The SMILES string of the molecule is CCNC(C)(C)C(NC(=O)c1ccc(C#CC#CCCO)cc1)C(=O)NO. The third-order valence-electron chi connectivity index (χ3n) is 3.74. The fourth-order valence-electron chi connectivity index (χ4n) is 2.38. The molecule has 1 aromatic rings. The summed E-state index contributed by atoms with van der Waals surface area (Å²) in [5.41, 5.74) is 1.86. The lowest BCUT2D eigenvalue weighted by atomic mass is 9.93. The number of likely N-dealkylation sites (N-methyl/N-ethyl adjacent to an activating group) is 1. The maximum Gasteiger partial charge on any atom is 0.267 e. The molecule has 5 N–H and O–H groups in total. The highest BCUT2D eigenvalue weighted by Crippen LogP contribution is 2.11. The molecule has 0 radical (unpaired) electrons. The number of benzene rings is 1. The van der Waals surface area contributed by atoms with Gasteiger partial charge < -0.3 is 15.7 Å². The van der Waals surface area contributed by atoms with Gasteiger partial charge >= 0.3 is 0 Å². The predicted molar refractivity (Wildman–Crippen MR) is 102 cm³/mol. The Morgan fingerprint density at radius 3 is 2.41 bits per heavy atom. The van der Waals surface area contributed by atoms with E-state index in [1.807, 2.05) is 6.92 Å². The van der Waals surface area contributed by atoms with Crippen molar-refractivity contribution in [3.05, 3.63) is 35.4 Å². The van der Waals surface area contributed by atoms with Crippen molar-refractivity contribution >= 4 is 11.8 Å². The summed E-state index contributed by atoms with van der Waals surface area (Å²) < 4.78 is 0. The molecule has 7 nitrogen and oxygen atoms in total. The first-order valence-corrected chi connectivity index (χ1v) is 8.55. The van der Waals surface area contributed by atoms with E-state index in [2.05, 4.69) is 34.3 Å². The number of aliphatic hydroxyl groups excluding tert-OH is 1. The van der Waals surface area contributed by atoms with Gasteiger partial charge in [0.25, 0.3) is 11.8 Å². The average molecular weight is 371 g/mol. The molecule has 0 heterocycles. The molecule has 0 aliphatic heterocycles. The molecule has 0 aliphatic rings. The second kappa shape index (κ2) is 11.0. The van der Waals surface area contributed by atoms with Crippen molar-refractivity contribution in [2.45, 2.75) is 38.8 Å². The van der Waals surface area contributed by atoms with E-state index >= 15 is 0 Å². The Morgan fingerprint density at radius 2 is 1.85 bits per heavy atom. The van der Waals surface area contributed by atoms with Crippen molar-refractivity contribution < 1.29 is 19.9 Å². The van der Waals surface area contributed by atoms with Crippen molar-refractivity contribution in [3.63, 3.8) is 0 Å². The number of carbonyl (C=O) groups is 2. The summed E-state index contributed by atoms with van der Waals surface area (Å²) >= 11 is 0. The Balaban J connectivity index is 2.88. The van der Waals surface area contributed by atoms with Gasteiger partial charge in [0.1, 0.15) is 6.04 Å². The van der Waals surface area contributed by atoms with Crippen molar-refractivity contribution in [2.24, 2.45) is 0 Å². The van der Waals surface area contributed by atoms with Gasteiger partial charge in [-0.25, -0.2) is 5.48 Å². The number of rotatable bonds is 7. The molecule has 144 valence electrons. The summed E-state index contributed by atoms with van der Waals surface area (Å²) in [5.74, 6) is 9.65. The quantitative estimate of drug-likeness (QED) is 0.271. The normalized spacial score (nSPS) is 11.3. The van der Waals surface area contributed by atoms with Crippen LogP contribution in [0.4, 0.5) is 0 Å². The van der Waals surface area contributed by atoms with Crippen LogP contribution in [0.2, 0.25) is 0 Å². The van der Waals surface area contributed by atoms with Crippen LogP contribution in [0.3, 0.4) is 0 Å². The van der Waals surface area contributed by atoms with Crippen LogP contribution in [0.5, 0.6) is 0 Å². The van der Waals surface area contributed by atoms with Gasteiger partial charge in [-0.15, -0.1) is 0 Å². The molecule has 7 heteroatoms. The van der Waals surface area contributed by atoms with Gasteiger partial charge in [0.05, 0.1) is 6.61 Å². The first-order valence-electron chi connectivity index (χ1n) is 8.55. The summed E-state index contributed by atoms with van der Waals surface area (Å²) in [6.07, 6.45) is 0.375. The van der Waals surface area contributed by atoms with Crippen LogP contribution in [0, 0.1) is 23.7 Å². The molecule has 0 fully saturated rings. The van der Waals surface area contributed by atoms with E-state index in [0.717, 1.165) is 0 Å². The van der Waals surface area contributed by atoms with E-state index in [1.165, 1.54) is 0 Å². The zero-order valence-corrected chi connectivity index (χ0v) is 15.7. The lowest BCUT2D eigenvalue weighted by Crippen LogP contribution is -2.63. The fourth-order valence-corrected chi connectivity index (χ4v) is 2.38. The third kappa shape index (κ3) is 7.12. The number of hydroxylamine groups is 1. The van der Waals surface area contributed by atoms with E-state index in [9.17, 15) is 9.59 Å². The fraction of sp³-hybridized carbons (Fsp3) is 0.400. The largest absolute Gasteiger partial charge is 0.395 e. The van der Waals surface area contributed by atoms with Crippen molar-refractivity contribution in [1.82, 2.24) is 16.1 Å². The molecule has 0 saturated carbocycles. The number of amides is 2. The highest BCUT2D eigenvalue weighted by atomic mass is 16.5. The minimum atomic E-state index is -0.976. The van der Waals surface area contributed by atoms with Gasteiger partial charge in [-0.3, -0.25) is 14.8 Å². The molecule has 27 heavy (non-hydrogen) atoms. The van der Waals surface area contributed by atoms with Gasteiger partial charge in [-0.05, 0) is 56.5 Å². The van der Waals surface area contributed by atoms with Crippen molar-refractivity contribution in [1.29, 1.82) is 0 Å². The monoisotopic (exact) mass is 371 g/mol. The highest BCUT2D eigenvalue weighted by Gasteiger charge is 2.36. The molecule has 0 bridgehead atoms. The maximum atomic E-state index is 12.5. The van der Waals surface area contributed by atoms with Crippen molar-refractivity contribution in [2.75, 3.05) is 13.2 Å². The average Bonchev–Trinajstić information content (AvgIpc) is 2.65. The zero-order valence-electron chi connectivity index (χ0n) is 15.7. The first-order chi connectivity index (χ1) is 12.9. The van der Waals surface area contributed by atoms with E-state index in [1.54, 1.807) is 43.6 Å². The summed E-state index contributed by atoms with van der Waals surface area (Å²) in [6, 6.07) is 5.55. The molecule has 0 aromatic heterocycles. The predicted octanol–water partition coefficient (Wildman–Crippen LogP) is 0.416. The topological polar surface area (TPSA) is 111 Å². The molecular formula is C20H25N3O4. The van der Waals surface area contributed by atoms with Gasteiger partial charge in [0.2, 0.25) is 0 Å². The number of hydrogen-bond acceptors (Lipinski definition) is 5. The van der Waals surface area contributed by atoms with Crippen LogP contribution in [-0.2, 0) is 4.79 Å². The van der Waals surface area contributed by atoms with Crippen LogP contribution in [-0.4, -0.2) is 46.9 Å². The summed E-state index contributed by atoms with van der Waals surface area (Å²) in [7, 11) is 0. The molecule has 0 aliphatic carbocycles. The van der Waals surface area contributed by atoms with E-state index < -0.39 is 23.4 Å². The summed E-state index contributed by atoms with van der Waals surface area (Å²) in [5, 5.41) is 23.3. The standard InChI is InChI=1S/C20H25N3O4/c1-4-21-20(2,3)17(19(26)23-27)22-18(25)16-12-10-15(11-13-16)9-7-5-6-8-14-24/h10-13,17,21,24,27H,4,8,14H2,1-3H3,(H,22,25)(H,23,26). The Morgan fingerprint density at radius 1 is 1.19 bits per heavy atom. The van der Waals surface area contributed by atoms with Gasteiger partial charge in [0.15, 0.2) is 0 Å². The minimum absolute atomic E-state index is 0.00162. The lowest BCUT2D eigenvalue weighted by Gasteiger charge is -2.34. The van der Waals surface area contributed by atoms with E-state index in [4.69, 9.17) is 10.3 Å². The summed E-state index contributed by atoms with van der Waals surface area (Å²) in [4.78, 5) is 24.5. The highest BCUT2D eigenvalue weighted by molar-refractivity contribution is 5.97. The van der Waals surface area contributed by atoms with Gasteiger partial charge in [0, 0.05) is 23.1 Å². The minimum Gasteiger partial charge on any atom is -0.395 e. The molecule has 2 amide bonds. The number of aliphatic hydroxyl groups is 1. The Labute approximate surface area is 159 Å². The molecule has 1 aromatic carbocycles. The van der Waals surface area contributed by atoms with Crippen LogP contribution in [0.1, 0.15) is 43.1 Å². The molecule has 1 rings (SSSR count). The van der Waals surface area contributed by atoms with E-state index in [-0.39, 0.29) is 6.61 Å². The number of nitrogens with one attached hydrogen (secondary N) is 3. The molecule has 0 saturated heterocycles. The maximum absolute atomic E-state index is 12.5. The molecule has 1 unspecified atom stereocenters. The second-order valence-electron chi connectivity index (χ2n) is 6.24. The van der Waals surface area contributed by atoms with Gasteiger partial charge in [-0.2, -0.15) is 0 Å². The Bertz CT molecular complexity index is 764. The lowest BCUT2D eigenvalue weighted by molar-refractivity contribution is -0.132. The van der Waals surface area contributed by atoms with Gasteiger partial charge in [-0.1, -0.05) is 18.8 Å². The zero-order chi connectivity index (χ0) is 20.3. The van der Waals surface area contributed by atoms with Crippen LogP contribution in [0.15, 0.2) is 24.3 Å². The smallest absolute Gasteiger partial charge is 0.267 e. The summed E-state index contributed by atoms with van der Waals surface area (Å²) in [6.45, 7) is 5.98. The third-order valence-corrected chi connectivity index (χ3v) is 3.74. The molecule has 1 atom stereocenters. The first kappa shape index (κ1) is 22.2. The van der Waals surface area contributed by atoms with Crippen molar-refractivity contribution in [3.8, 4) is 23.7 Å². The molecular weight excluding hydrogens is 346 g/mol. The second-order valence-corrected chi connectivity index (χ2v) is 6.24. The number of carbonyl (C=O) groups excluding carboxylic acids is 2. The van der Waals surface area contributed by atoms with Crippen LogP contribution in [0.25, 0.3) is 0 Å². The van der Waals surface area contributed by atoms with E-state index in [0.29, 0.717) is 24.1 Å². The van der Waals surface area contributed by atoms with Crippen LogP contribution < -0.4 is 16.1 Å². The molecule has 0 spiro atoms. The Hall–Kier alpha value is -2.84. The van der Waals surface area contributed by atoms with Crippen LogP contribution >= 0.6 is 0 Å².